The Bertz CT molecular complexity index is 996. The van der Waals surface area contributed by atoms with E-state index in [0.29, 0.717) is 24.8 Å². The van der Waals surface area contributed by atoms with E-state index in [1.165, 1.54) is 6.42 Å². The molecule has 2 aliphatic rings. The number of nitrogens with one attached hydrogen (secondary N) is 1. The lowest BCUT2D eigenvalue weighted by molar-refractivity contribution is -0.125. The molecule has 1 saturated heterocycles. The molecule has 156 valence electrons. The van der Waals surface area contributed by atoms with Gasteiger partial charge in [0.1, 0.15) is 11.6 Å². The SMILES string of the molecule is O=C(NCc1ccco1)[C@H]1CCCN(c2ncccc2-c2noc(C3CCC3)n2)C1. The monoisotopic (exact) mass is 407 g/mol. The van der Waals surface area contributed by atoms with Gasteiger partial charge in [-0.3, -0.25) is 4.79 Å². The van der Waals surface area contributed by atoms with E-state index in [9.17, 15) is 4.79 Å². The molecule has 8 heteroatoms. The molecule has 4 heterocycles. The Morgan fingerprint density at radius 2 is 2.13 bits per heavy atom. The summed E-state index contributed by atoms with van der Waals surface area (Å²) in [6.07, 6.45) is 8.61. The molecule has 2 fully saturated rings. The first-order chi connectivity index (χ1) is 14.8. The molecule has 1 saturated carbocycles. The molecule has 1 aliphatic heterocycles. The number of rotatable bonds is 6. The lowest BCUT2D eigenvalue weighted by Gasteiger charge is -2.33. The van der Waals surface area contributed by atoms with Crippen LogP contribution in [0.15, 0.2) is 45.7 Å². The van der Waals surface area contributed by atoms with Crippen molar-refractivity contribution in [2.45, 2.75) is 44.6 Å². The van der Waals surface area contributed by atoms with Crippen molar-refractivity contribution in [1.82, 2.24) is 20.4 Å². The van der Waals surface area contributed by atoms with Crippen molar-refractivity contribution in [2.24, 2.45) is 5.92 Å². The molecule has 3 aromatic heterocycles. The number of nitrogens with zero attached hydrogens (tertiary/aromatic N) is 4. The zero-order chi connectivity index (χ0) is 20.3. The fraction of sp³-hybridized carbons (Fsp3) is 0.455. The number of carbonyl (C=O) groups is 1. The number of furan rings is 1. The molecular formula is C22H25N5O3. The minimum absolute atomic E-state index is 0.0420. The molecule has 1 amide bonds. The summed E-state index contributed by atoms with van der Waals surface area (Å²) < 4.78 is 10.8. The van der Waals surface area contributed by atoms with Crippen molar-refractivity contribution in [3.05, 3.63) is 48.4 Å². The van der Waals surface area contributed by atoms with Crippen LogP contribution >= 0.6 is 0 Å². The van der Waals surface area contributed by atoms with E-state index in [4.69, 9.17) is 8.94 Å². The summed E-state index contributed by atoms with van der Waals surface area (Å²) in [5, 5.41) is 7.20. The van der Waals surface area contributed by atoms with Crippen LogP contribution in [-0.2, 0) is 11.3 Å². The Hall–Kier alpha value is -3.16. The van der Waals surface area contributed by atoms with Crippen LogP contribution in [0.4, 0.5) is 5.82 Å². The summed E-state index contributed by atoms with van der Waals surface area (Å²) in [7, 11) is 0. The standard InChI is InChI=1S/C22H25N5O3/c28-21(24-13-17-8-4-12-29-17)16-7-3-11-27(14-16)20-18(9-2-10-23-20)19-25-22(30-26-19)15-5-1-6-15/h2,4,8-10,12,15-16H,1,3,5-7,11,13-14H2,(H,24,28)/t16-/m0/s1. The number of piperidine rings is 1. The number of hydrogen-bond acceptors (Lipinski definition) is 7. The van der Waals surface area contributed by atoms with Gasteiger partial charge in [0.25, 0.3) is 0 Å². The minimum atomic E-state index is -0.0978. The Morgan fingerprint density at radius 3 is 2.93 bits per heavy atom. The van der Waals surface area contributed by atoms with Crippen molar-refractivity contribution in [3.63, 3.8) is 0 Å². The van der Waals surface area contributed by atoms with Gasteiger partial charge < -0.3 is 19.2 Å². The van der Waals surface area contributed by atoms with Gasteiger partial charge in [0.2, 0.25) is 17.6 Å². The van der Waals surface area contributed by atoms with Gasteiger partial charge in [-0.15, -0.1) is 0 Å². The predicted octanol–water partition coefficient (Wildman–Crippen LogP) is 3.52. The smallest absolute Gasteiger partial charge is 0.230 e. The van der Waals surface area contributed by atoms with Gasteiger partial charge in [-0.2, -0.15) is 4.98 Å². The zero-order valence-corrected chi connectivity index (χ0v) is 16.8. The first-order valence-corrected chi connectivity index (χ1v) is 10.6. The van der Waals surface area contributed by atoms with Crippen LogP contribution in [0.25, 0.3) is 11.4 Å². The van der Waals surface area contributed by atoms with E-state index in [0.717, 1.165) is 55.3 Å². The number of pyridine rings is 1. The third-order valence-corrected chi connectivity index (χ3v) is 6.03. The molecule has 1 aliphatic carbocycles. The van der Waals surface area contributed by atoms with Crippen LogP contribution in [0.2, 0.25) is 0 Å². The van der Waals surface area contributed by atoms with Gasteiger partial charge in [-0.1, -0.05) is 11.6 Å². The maximum atomic E-state index is 12.7. The van der Waals surface area contributed by atoms with E-state index in [1.807, 2.05) is 24.3 Å². The molecule has 0 radical (unpaired) electrons. The number of carbonyl (C=O) groups excluding carboxylic acids is 1. The van der Waals surface area contributed by atoms with Crippen molar-refractivity contribution < 1.29 is 13.7 Å². The summed E-state index contributed by atoms with van der Waals surface area (Å²) in [5.74, 6) is 3.19. The highest BCUT2D eigenvalue weighted by atomic mass is 16.5. The topological polar surface area (TPSA) is 97.3 Å². The molecular weight excluding hydrogens is 382 g/mol. The molecule has 1 N–H and O–H groups in total. The van der Waals surface area contributed by atoms with Crippen molar-refractivity contribution in [2.75, 3.05) is 18.0 Å². The van der Waals surface area contributed by atoms with Crippen LogP contribution < -0.4 is 10.2 Å². The van der Waals surface area contributed by atoms with E-state index in [1.54, 1.807) is 12.5 Å². The lowest BCUT2D eigenvalue weighted by Crippen LogP contribution is -2.43. The fourth-order valence-electron chi connectivity index (χ4n) is 4.10. The van der Waals surface area contributed by atoms with E-state index in [2.05, 4.69) is 25.3 Å². The second-order valence-corrected chi connectivity index (χ2v) is 8.04. The highest BCUT2D eigenvalue weighted by Gasteiger charge is 2.30. The highest BCUT2D eigenvalue weighted by molar-refractivity contribution is 5.80. The van der Waals surface area contributed by atoms with Crippen molar-refractivity contribution >= 4 is 11.7 Å². The Labute approximate surface area is 174 Å². The van der Waals surface area contributed by atoms with Crippen LogP contribution in [0.5, 0.6) is 0 Å². The Kier molecular flexibility index (Phi) is 5.21. The third-order valence-electron chi connectivity index (χ3n) is 6.03. The van der Waals surface area contributed by atoms with Gasteiger partial charge in [0, 0.05) is 25.2 Å². The maximum Gasteiger partial charge on any atom is 0.230 e. The molecule has 0 unspecified atom stereocenters. The lowest BCUT2D eigenvalue weighted by atomic mass is 9.85. The molecule has 30 heavy (non-hydrogen) atoms. The van der Waals surface area contributed by atoms with E-state index < -0.39 is 0 Å². The minimum Gasteiger partial charge on any atom is -0.467 e. The summed E-state index contributed by atoms with van der Waals surface area (Å²) in [6.45, 7) is 1.87. The average Bonchev–Trinajstić information content (AvgIpc) is 3.43. The van der Waals surface area contributed by atoms with Crippen molar-refractivity contribution in [3.8, 4) is 11.4 Å². The second-order valence-electron chi connectivity index (χ2n) is 8.04. The molecule has 0 bridgehead atoms. The second kappa shape index (κ2) is 8.30. The van der Waals surface area contributed by atoms with Crippen LogP contribution in [0.1, 0.15) is 49.7 Å². The van der Waals surface area contributed by atoms with Gasteiger partial charge in [-0.05, 0) is 49.9 Å². The molecule has 8 nitrogen and oxygen atoms in total. The number of hydrogen-bond donors (Lipinski definition) is 1. The Morgan fingerprint density at radius 1 is 1.20 bits per heavy atom. The van der Waals surface area contributed by atoms with Gasteiger partial charge in [0.05, 0.1) is 24.3 Å². The first kappa shape index (κ1) is 18.8. The van der Waals surface area contributed by atoms with Gasteiger partial charge >= 0.3 is 0 Å². The highest BCUT2D eigenvalue weighted by Crippen LogP contribution is 2.37. The fourth-order valence-corrected chi connectivity index (χ4v) is 4.10. The Balaban J connectivity index is 1.30. The van der Waals surface area contributed by atoms with Gasteiger partial charge in [0.15, 0.2) is 0 Å². The summed E-state index contributed by atoms with van der Waals surface area (Å²) in [5.41, 5.74) is 0.850. The largest absolute Gasteiger partial charge is 0.467 e. The first-order valence-electron chi connectivity index (χ1n) is 10.6. The third kappa shape index (κ3) is 3.81. The molecule has 1 atom stereocenters. The predicted molar refractivity (Wildman–Crippen MR) is 110 cm³/mol. The molecule has 0 spiro atoms. The number of anilines is 1. The number of amides is 1. The van der Waals surface area contributed by atoms with Gasteiger partial charge in [-0.25, -0.2) is 4.98 Å². The zero-order valence-electron chi connectivity index (χ0n) is 16.8. The van der Waals surface area contributed by atoms with Crippen molar-refractivity contribution in [1.29, 1.82) is 0 Å². The average molecular weight is 407 g/mol. The van der Waals surface area contributed by atoms with Crippen LogP contribution in [-0.4, -0.2) is 34.1 Å². The quantitative estimate of drug-likeness (QED) is 0.667. The number of aromatic nitrogens is 3. The molecule has 3 aromatic rings. The molecule has 0 aromatic carbocycles. The summed E-state index contributed by atoms with van der Waals surface area (Å²) >= 11 is 0. The van der Waals surface area contributed by atoms with Crippen LogP contribution in [0, 0.1) is 5.92 Å². The maximum absolute atomic E-state index is 12.7. The van der Waals surface area contributed by atoms with E-state index >= 15 is 0 Å². The normalized spacial score (nSPS) is 19.5. The summed E-state index contributed by atoms with van der Waals surface area (Å²) in [6, 6.07) is 7.53. The molecule has 5 rings (SSSR count). The van der Waals surface area contributed by atoms with E-state index in [-0.39, 0.29) is 11.8 Å². The van der Waals surface area contributed by atoms with Crippen LogP contribution in [0.3, 0.4) is 0 Å². The summed E-state index contributed by atoms with van der Waals surface area (Å²) in [4.78, 5) is 24.1.